The van der Waals surface area contributed by atoms with E-state index < -0.39 is 6.10 Å². The first-order valence-electron chi connectivity index (χ1n) is 7.48. The van der Waals surface area contributed by atoms with E-state index in [9.17, 15) is 5.11 Å². The maximum absolute atomic E-state index is 10.5. The number of aryl methyl sites for hydroxylation is 4. The van der Waals surface area contributed by atoms with E-state index in [4.69, 9.17) is 4.74 Å². The number of ether oxygens (including phenoxy) is 1. The van der Waals surface area contributed by atoms with Crippen LogP contribution in [0.25, 0.3) is 0 Å². The van der Waals surface area contributed by atoms with E-state index in [0.717, 1.165) is 16.9 Å². The number of aliphatic hydroxyl groups is 1. The highest BCUT2D eigenvalue weighted by molar-refractivity contribution is 5.43. The Bertz CT molecular complexity index is 688. The van der Waals surface area contributed by atoms with Crippen molar-refractivity contribution < 1.29 is 9.84 Å². The molecular weight excluding hydrogens is 260 g/mol. The van der Waals surface area contributed by atoms with Gasteiger partial charge in [0, 0.05) is 12.0 Å². The molecule has 0 aliphatic carbocycles. The average molecular weight is 282 g/mol. The smallest absolute Gasteiger partial charge is 0.127 e. The minimum atomic E-state index is -0.459. The largest absolute Gasteiger partial charge is 0.485 e. The van der Waals surface area contributed by atoms with Gasteiger partial charge in [-0.05, 0) is 62.1 Å². The van der Waals surface area contributed by atoms with Crippen LogP contribution in [0.15, 0.2) is 30.3 Å². The second-order valence-electron chi connectivity index (χ2n) is 6.19. The lowest BCUT2D eigenvalue weighted by molar-refractivity contribution is 0.0653. The van der Waals surface area contributed by atoms with Crippen molar-refractivity contribution in [3.63, 3.8) is 0 Å². The average Bonchev–Trinajstić information content (AvgIpc) is 2.43. The summed E-state index contributed by atoms with van der Waals surface area (Å²) in [6, 6.07) is 10.4. The Balaban J connectivity index is 1.99. The van der Waals surface area contributed by atoms with E-state index in [1.54, 1.807) is 0 Å². The molecule has 2 nitrogen and oxygen atoms in total. The highest BCUT2D eigenvalue weighted by Crippen LogP contribution is 2.42. The summed E-state index contributed by atoms with van der Waals surface area (Å²) in [5.74, 6) is 0.807. The molecule has 0 fully saturated rings. The maximum atomic E-state index is 10.5. The normalized spacial score (nSPS) is 20.8. The molecule has 1 N–H and O–H groups in total. The number of rotatable bonds is 1. The van der Waals surface area contributed by atoms with Gasteiger partial charge in [0.1, 0.15) is 11.9 Å². The molecule has 2 atom stereocenters. The van der Waals surface area contributed by atoms with Gasteiger partial charge < -0.3 is 9.84 Å². The van der Waals surface area contributed by atoms with Crippen molar-refractivity contribution in [3.05, 3.63) is 63.7 Å². The predicted octanol–water partition coefficient (Wildman–Crippen LogP) is 4.48. The molecule has 0 bridgehead atoms. The lowest BCUT2D eigenvalue weighted by atomic mass is 9.90. The van der Waals surface area contributed by atoms with Crippen molar-refractivity contribution in [2.45, 2.75) is 46.3 Å². The summed E-state index contributed by atoms with van der Waals surface area (Å²) in [5.41, 5.74) is 7.03. The van der Waals surface area contributed by atoms with Crippen molar-refractivity contribution in [3.8, 4) is 5.75 Å². The standard InChI is InChI=1S/C19H22O2/c1-11-5-6-18-16(7-11)17(20)10-19(21-18)15-9-13(3)12(2)8-14(15)4/h5-9,17,19-20H,10H2,1-4H3/t17-,19?/m0/s1. The molecule has 0 amide bonds. The molecular formula is C19H22O2. The summed E-state index contributed by atoms with van der Waals surface area (Å²) in [5, 5.41) is 10.5. The van der Waals surface area contributed by atoms with Crippen LogP contribution in [0.2, 0.25) is 0 Å². The molecule has 21 heavy (non-hydrogen) atoms. The molecule has 2 aromatic rings. The van der Waals surface area contributed by atoms with Gasteiger partial charge in [-0.2, -0.15) is 0 Å². The van der Waals surface area contributed by atoms with E-state index in [1.165, 1.54) is 22.3 Å². The van der Waals surface area contributed by atoms with Crippen LogP contribution in [0.3, 0.4) is 0 Å². The van der Waals surface area contributed by atoms with Crippen LogP contribution < -0.4 is 4.74 Å². The van der Waals surface area contributed by atoms with Crippen molar-refractivity contribution in [2.75, 3.05) is 0 Å². The Hall–Kier alpha value is -1.80. The SMILES string of the molecule is Cc1ccc2c(c1)[C@@H](O)CC(c1cc(C)c(C)cc1C)O2. The number of fused-ring (bicyclic) bond motifs is 1. The van der Waals surface area contributed by atoms with Crippen molar-refractivity contribution >= 4 is 0 Å². The molecule has 1 aliphatic heterocycles. The van der Waals surface area contributed by atoms with Crippen LogP contribution in [0.4, 0.5) is 0 Å². The van der Waals surface area contributed by atoms with Gasteiger partial charge in [0.25, 0.3) is 0 Å². The third-order valence-corrected chi connectivity index (χ3v) is 4.46. The first-order chi connectivity index (χ1) is 9.95. The molecule has 0 aromatic heterocycles. The van der Waals surface area contributed by atoms with Crippen LogP contribution in [0.1, 0.15) is 52.0 Å². The van der Waals surface area contributed by atoms with Gasteiger partial charge in [-0.1, -0.05) is 23.8 Å². The minimum Gasteiger partial charge on any atom is -0.485 e. The third-order valence-electron chi connectivity index (χ3n) is 4.46. The van der Waals surface area contributed by atoms with Gasteiger partial charge >= 0.3 is 0 Å². The fourth-order valence-corrected chi connectivity index (χ4v) is 3.09. The van der Waals surface area contributed by atoms with Crippen molar-refractivity contribution in [1.82, 2.24) is 0 Å². The number of aliphatic hydroxyl groups excluding tert-OH is 1. The monoisotopic (exact) mass is 282 g/mol. The van der Waals surface area contributed by atoms with Gasteiger partial charge in [0.05, 0.1) is 6.10 Å². The summed E-state index contributed by atoms with van der Waals surface area (Å²) in [4.78, 5) is 0. The predicted molar refractivity (Wildman–Crippen MR) is 84.8 cm³/mol. The van der Waals surface area contributed by atoms with Gasteiger partial charge in [-0.3, -0.25) is 0 Å². The van der Waals surface area contributed by atoms with Gasteiger partial charge in [-0.25, -0.2) is 0 Å². The van der Waals surface area contributed by atoms with Crippen LogP contribution in [0, 0.1) is 27.7 Å². The van der Waals surface area contributed by atoms with E-state index >= 15 is 0 Å². The molecule has 2 aromatic carbocycles. The fourth-order valence-electron chi connectivity index (χ4n) is 3.09. The molecule has 1 aliphatic rings. The Morgan fingerprint density at radius 3 is 2.38 bits per heavy atom. The Kier molecular flexibility index (Phi) is 3.50. The van der Waals surface area contributed by atoms with Gasteiger partial charge in [0.2, 0.25) is 0 Å². The highest BCUT2D eigenvalue weighted by atomic mass is 16.5. The zero-order valence-corrected chi connectivity index (χ0v) is 13.1. The Labute approximate surface area is 126 Å². The van der Waals surface area contributed by atoms with Crippen molar-refractivity contribution in [1.29, 1.82) is 0 Å². The van der Waals surface area contributed by atoms with E-state index in [1.807, 2.05) is 25.1 Å². The number of benzene rings is 2. The summed E-state index contributed by atoms with van der Waals surface area (Å²) in [7, 11) is 0. The van der Waals surface area contributed by atoms with Crippen LogP contribution in [0.5, 0.6) is 5.75 Å². The minimum absolute atomic E-state index is 0.0745. The fraction of sp³-hybridized carbons (Fsp3) is 0.368. The summed E-state index contributed by atoms with van der Waals surface area (Å²) in [6.45, 7) is 8.39. The second-order valence-corrected chi connectivity index (χ2v) is 6.19. The molecule has 0 spiro atoms. The third kappa shape index (κ3) is 2.56. The highest BCUT2D eigenvalue weighted by Gasteiger charge is 2.29. The lowest BCUT2D eigenvalue weighted by Crippen LogP contribution is -2.20. The molecule has 0 radical (unpaired) electrons. The molecule has 1 unspecified atom stereocenters. The van der Waals surface area contributed by atoms with Crippen LogP contribution in [-0.4, -0.2) is 5.11 Å². The van der Waals surface area contributed by atoms with Gasteiger partial charge in [0.15, 0.2) is 0 Å². The van der Waals surface area contributed by atoms with E-state index in [2.05, 4.69) is 32.9 Å². The second kappa shape index (κ2) is 5.19. The molecule has 0 saturated heterocycles. The van der Waals surface area contributed by atoms with E-state index in [-0.39, 0.29) is 6.10 Å². The molecule has 2 heteroatoms. The van der Waals surface area contributed by atoms with Gasteiger partial charge in [-0.15, -0.1) is 0 Å². The topological polar surface area (TPSA) is 29.5 Å². The Morgan fingerprint density at radius 2 is 1.62 bits per heavy atom. The summed E-state index contributed by atoms with van der Waals surface area (Å²) < 4.78 is 6.16. The quantitative estimate of drug-likeness (QED) is 0.835. The molecule has 0 saturated carbocycles. The van der Waals surface area contributed by atoms with E-state index in [0.29, 0.717) is 6.42 Å². The maximum Gasteiger partial charge on any atom is 0.127 e. The first kappa shape index (κ1) is 14.2. The summed E-state index contributed by atoms with van der Waals surface area (Å²) in [6.07, 6.45) is 0.0777. The summed E-state index contributed by atoms with van der Waals surface area (Å²) >= 11 is 0. The zero-order valence-electron chi connectivity index (χ0n) is 13.1. The number of hydrogen-bond acceptors (Lipinski definition) is 2. The lowest BCUT2D eigenvalue weighted by Gasteiger charge is -2.31. The van der Waals surface area contributed by atoms with Crippen LogP contribution in [-0.2, 0) is 0 Å². The zero-order chi connectivity index (χ0) is 15.1. The first-order valence-corrected chi connectivity index (χ1v) is 7.48. The number of hydrogen-bond donors (Lipinski definition) is 1. The molecule has 1 heterocycles. The molecule has 110 valence electrons. The molecule has 3 rings (SSSR count). The van der Waals surface area contributed by atoms with Crippen LogP contribution >= 0.6 is 0 Å². The van der Waals surface area contributed by atoms with Crippen molar-refractivity contribution in [2.24, 2.45) is 0 Å². The Morgan fingerprint density at radius 1 is 0.905 bits per heavy atom.